The Bertz CT molecular complexity index is 2110. The maximum absolute atomic E-state index is 13.5. The Morgan fingerprint density at radius 1 is 0.327 bits per heavy atom. The first-order valence-corrected chi connectivity index (χ1v) is 17.4. The van der Waals surface area contributed by atoms with Crippen molar-refractivity contribution in [2.75, 3.05) is 9.80 Å². The molecule has 0 saturated heterocycles. The number of hydrogen-bond acceptors (Lipinski definition) is 4. The highest BCUT2D eigenvalue weighted by Crippen LogP contribution is 2.41. The van der Waals surface area contributed by atoms with Crippen molar-refractivity contribution in [3.63, 3.8) is 0 Å². The molecular weight excluding hydrogens is 641 g/mol. The number of nitrogens with zero attached hydrogens (tertiary/aromatic N) is 2. The molecule has 0 aliphatic carbocycles. The Morgan fingerprint density at radius 2 is 0.538 bits per heavy atom. The Morgan fingerprint density at radius 3 is 0.769 bits per heavy atom. The second kappa shape index (κ2) is 13.2. The summed E-state index contributed by atoms with van der Waals surface area (Å²) >= 11 is 0. The van der Waals surface area contributed by atoms with E-state index >= 15 is 0 Å². The van der Waals surface area contributed by atoms with Gasteiger partial charge in [-0.05, 0) is 112 Å². The molecule has 0 aromatic heterocycles. The maximum Gasteiger partial charge on any atom is 0.258 e. The highest BCUT2D eigenvalue weighted by atomic mass is 16.2. The molecule has 2 aliphatic rings. The maximum atomic E-state index is 13.5. The fraction of sp³-hybridized carbons (Fsp3) is 0.0870. The van der Waals surface area contributed by atoms with Crippen molar-refractivity contribution in [1.82, 2.24) is 10.6 Å². The van der Waals surface area contributed by atoms with Crippen LogP contribution in [0.2, 0.25) is 0 Å². The molecule has 6 aromatic carbocycles. The first-order chi connectivity index (χ1) is 25.2. The summed E-state index contributed by atoms with van der Waals surface area (Å²) in [5.74, 6) is -0.596. The molecule has 0 fully saturated rings. The van der Waals surface area contributed by atoms with Gasteiger partial charge in [0.15, 0.2) is 0 Å². The molecule has 52 heavy (non-hydrogen) atoms. The standard InChI is InChI=1S/C46H38N4O2/c1-29-5-17-35(18-6-29)49(36-19-7-30(2)8-20-36)39-25-13-33(14-26-39)43-41-42(46(52)47-43)44(48-45(41)51)34-15-27-40(28-16-34)50(37-21-9-31(3)10-22-37)38-23-11-32(4)12-24-38/h5-28H,1-4H3,(H,47,52)(H,48,51). The van der Waals surface area contributed by atoms with Crippen LogP contribution in [0.1, 0.15) is 33.4 Å². The van der Waals surface area contributed by atoms with Gasteiger partial charge in [0.25, 0.3) is 11.8 Å². The molecule has 2 N–H and O–H groups in total. The van der Waals surface area contributed by atoms with Gasteiger partial charge in [0.1, 0.15) is 0 Å². The summed E-state index contributed by atoms with van der Waals surface area (Å²) in [6, 6.07) is 49.7. The Balaban J connectivity index is 1.13. The van der Waals surface area contributed by atoms with Crippen molar-refractivity contribution in [3.8, 4) is 0 Å². The van der Waals surface area contributed by atoms with E-state index in [1.165, 1.54) is 22.3 Å². The van der Waals surface area contributed by atoms with E-state index in [0.29, 0.717) is 22.5 Å². The lowest BCUT2D eigenvalue weighted by molar-refractivity contribution is -0.117. The largest absolute Gasteiger partial charge is 0.321 e. The highest BCUT2D eigenvalue weighted by molar-refractivity contribution is 6.30. The van der Waals surface area contributed by atoms with Crippen LogP contribution in [0.25, 0.3) is 11.4 Å². The van der Waals surface area contributed by atoms with Crippen molar-refractivity contribution in [3.05, 3.63) is 190 Å². The summed E-state index contributed by atoms with van der Waals surface area (Å²) in [6.45, 7) is 8.31. The minimum Gasteiger partial charge on any atom is -0.321 e. The Hall–Kier alpha value is -6.66. The topological polar surface area (TPSA) is 64.7 Å². The molecule has 0 radical (unpaired) electrons. The molecule has 0 saturated carbocycles. The summed E-state index contributed by atoms with van der Waals surface area (Å²) in [4.78, 5) is 31.5. The molecule has 0 atom stereocenters. The molecule has 0 unspecified atom stereocenters. The van der Waals surface area contributed by atoms with Gasteiger partial charge in [-0.15, -0.1) is 0 Å². The van der Waals surface area contributed by atoms with Crippen molar-refractivity contribution in [2.45, 2.75) is 27.7 Å². The van der Waals surface area contributed by atoms with E-state index in [0.717, 1.165) is 45.3 Å². The number of benzene rings is 6. The minimum absolute atomic E-state index is 0.298. The average Bonchev–Trinajstić information content (AvgIpc) is 3.69. The van der Waals surface area contributed by atoms with Gasteiger partial charge < -0.3 is 20.4 Å². The molecule has 2 heterocycles. The predicted octanol–water partition coefficient (Wildman–Crippen LogP) is 10.2. The van der Waals surface area contributed by atoms with Crippen LogP contribution in [0, 0.1) is 27.7 Å². The number of amides is 2. The molecule has 2 aliphatic heterocycles. The molecule has 6 aromatic rings. The number of rotatable bonds is 8. The van der Waals surface area contributed by atoms with E-state index in [-0.39, 0.29) is 11.8 Å². The number of anilines is 6. The van der Waals surface area contributed by atoms with Gasteiger partial charge in [0.2, 0.25) is 0 Å². The second-order valence-electron chi connectivity index (χ2n) is 13.5. The Kier molecular flexibility index (Phi) is 8.28. The lowest BCUT2D eigenvalue weighted by Crippen LogP contribution is -2.21. The Labute approximate surface area is 304 Å². The van der Waals surface area contributed by atoms with Crippen LogP contribution in [-0.2, 0) is 9.59 Å². The highest BCUT2D eigenvalue weighted by Gasteiger charge is 2.41. The fourth-order valence-electron chi connectivity index (χ4n) is 6.84. The molecule has 6 heteroatoms. The van der Waals surface area contributed by atoms with Crippen LogP contribution >= 0.6 is 0 Å². The summed E-state index contributed by atoms with van der Waals surface area (Å²) in [5.41, 5.74) is 14.1. The monoisotopic (exact) mass is 678 g/mol. The summed E-state index contributed by atoms with van der Waals surface area (Å²) in [7, 11) is 0. The minimum atomic E-state index is -0.298. The number of aryl methyl sites for hydroxylation is 4. The number of carbonyl (C=O) groups excluding carboxylic acids is 2. The van der Waals surface area contributed by atoms with Crippen LogP contribution < -0.4 is 20.4 Å². The van der Waals surface area contributed by atoms with Crippen LogP contribution in [0.3, 0.4) is 0 Å². The number of nitrogens with one attached hydrogen (secondary N) is 2. The molecule has 8 rings (SSSR count). The van der Waals surface area contributed by atoms with Gasteiger partial charge in [-0.1, -0.05) is 95.1 Å². The molecule has 6 nitrogen and oxygen atoms in total. The SMILES string of the molecule is Cc1ccc(N(c2ccc(C)cc2)c2ccc(C3=C4C(=O)NC(c5ccc(N(c6ccc(C)cc6)c6ccc(C)cc6)cc5)=C4C(=O)N3)cc2)cc1. The lowest BCUT2D eigenvalue weighted by atomic mass is 10.0. The van der Waals surface area contributed by atoms with Gasteiger partial charge in [-0.3, -0.25) is 9.59 Å². The van der Waals surface area contributed by atoms with Gasteiger partial charge >= 0.3 is 0 Å². The quantitative estimate of drug-likeness (QED) is 0.168. The van der Waals surface area contributed by atoms with Crippen molar-refractivity contribution in [2.24, 2.45) is 0 Å². The van der Waals surface area contributed by atoms with E-state index in [4.69, 9.17) is 0 Å². The molecule has 2 amide bonds. The summed E-state index contributed by atoms with van der Waals surface area (Å²) < 4.78 is 0. The molecule has 0 bridgehead atoms. The van der Waals surface area contributed by atoms with Crippen LogP contribution in [0.15, 0.2) is 157 Å². The van der Waals surface area contributed by atoms with Gasteiger partial charge in [0.05, 0.1) is 22.5 Å². The van der Waals surface area contributed by atoms with Crippen molar-refractivity contribution >= 4 is 57.3 Å². The van der Waals surface area contributed by atoms with E-state index < -0.39 is 0 Å². The second-order valence-corrected chi connectivity index (χ2v) is 13.5. The zero-order valence-corrected chi connectivity index (χ0v) is 29.6. The van der Waals surface area contributed by atoms with E-state index in [1.807, 2.05) is 48.5 Å². The summed E-state index contributed by atoms with van der Waals surface area (Å²) in [5, 5.41) is 6.02. The zero-order chi connectivity index (χ0) is 35.9. The third-order valence-corrected chi connectivity index (χ3v) is 9.68. The first kappa shape index (κ1) is 32.5. The van der Waals surface area contributed by atoms with E-state index in [2.05, 4.69) is 145 Å². The molecular formula is C46H38N4O2. The zero-order valence-electron chi connectivity index (χ0n) is 29.6. The number of carbonyl (C=O) groups is 2. The van der Waals surface area contributed by atoms with Gasteiger partial charge in [0, 0.05) is 34.1 Å². The van der Waals surface area contributed by atoms with Crippen molar-refractivity contribution < 1.29 is 9.59 Å². The van der Waals surface area contributed by atoms with Crippen molar-refractivity contribution in [1.29, 1.82) is 0 Å². The summed E-state index contributed by atoms with van der Waals surface area (Å²) in [6.07, 6.45) is 0. The van der Waals surface area contributed by atoms with Crippen LogP contribution in [-0.4, -0.2) is 11.8 Å². The van der Waals surface area contributed by atoms with Crippen LogP contribution in [0.4, 0.5) is 34.1 Å². The van der Waals surface area contributed by atoms with E-state index in [1.54, 1.807) is 0 Å². The third-order valence-electron chi connectivity index (χ3n) is 9.68. The predicted molar refractivity (Wildman–Crippen MR) is 211 cm³/mol. The lowest BCUT2D eigenvalue weighted by Gasteiger charge is -2.26. The molecule has 0 spiro atoms. The van der Waals surface area contributed by atoms with Gasteiger partial charge in [-0.25, -0.2) is 0 Å². The molecule has 254 valence electrons. The van der Waals surface area contributed by atoms with Gasteiger partial charge in [-0.2, -0.15) is 0 Å². The average molecular weight is 679 g/mol. The normalized spacial score (nSPS) is 13.6. The number of hydrogen-bond donors (Lipinski definition) is 2. The van der Waals surface area contributed by atoms with E-state index in [9.17, 15) is 9.59 Å². The van der Waals surface area contributed by atoms with Crippen LogP contribution in [0.5, 0.6) is 0 Å². The third kappa shape index (κ3) is 6.05. The smallest absolute Gasteiger partial charge is 0.258 e. The fourth-order valence-corrected chi connectivity index (χ4v) is 6.84. The number of fused-ring (bicyclic) bond motifs is 1. The first-order valence-electron chi connectivity index (χ1n) is 17.4.